The van der Waals surface area contributed by atoms with Gasteiger partial charge in [0.05, 0.1) is 12.1 Å². The lowest BCUT2D eigenvalue weighted by Gasteiger charge is -2.30. The molecule has 0 fully saturated rings. The van der Waals surface area contributed by atoms with Crippen molar-refractivity contribution in [2.75, 3.05) is 32.7 Å². The largest absolute Gasteiger partial charge is 0.508 e. The Bertz CT molecular complexity index is 1230. The molecule has 13 heteroatoms. The van der Waals surface area contributed by atoms with E-state index >= 15 is 0 Å². The Morgan fingerprint density at radius 2 is 1.54 bits per heavy atom. The zero-order valence-electron chi connectivity index (χ0n) is 23.0. The predicted octanol–water partition coefficient (Wildman–Crippen LogP) is -1.99. The van der Waals surface area contributed by atoms with E-state index in [0.29, 0.717) is 28.7 Å². The number of nitrogens with one attached hydrogen (secondary N) is 2. The number of hydrogen-bond donors (Lipinski definition) is 9. The standard InChI is InChI=1S/C28H41N7O6/c29-7-1-2-22-27(40)34-23(28(41)35(9-8-30)15-20(36)14-31)13-19-11-17(4-6-25(19)38)16-3-5-24(37)18(10-16)12-21(32)26(39)33-22/h3-6,10-11,20-23,36-38H,1-2,7-9,12-15,29-32H2,(H,33,39)(H,34,40)/t20?,21-,22-,23+/m0/s1. The fraction of sp³-hybridized carbons (Fsp3) is 0.464. The Morgan fingerprint density at radius 1 is 0.927 bits per heavy atom. The van der Waals surface area contributed by atoms with Gasteiger partial charge in [0.15, 0.2) is 0 Å². The van der Waals surface area contributed by atoms with E-state index in [0.717, 1.165) is 0 Å². The summed E-state index contributed by atoms with van der Waals surface area (Å²) in [4.78, 5) is 41.7. The van der Waals surface area contributed by atoms with Crippen molar-refractivity contribution in [2.24, 2.45) is 22.9 Å². The van der Waals surface area contributed by atoms with Crippen LogP contribution in [0.5, 0.6) is 11.5 Å². The maximum atomic E-state index is 13.8. The number of carbonyl (C=O) groups is 3. The quantitative estimate of drug-likeness (QED) is 0.160. The predicted molar refractivity (Wildman–Crippen MR) is 153 cm³/mol. The van der Waals surface area contributed by atoms with Crippen LogP contribution in [0.15, 0.2) is 36.4 Å². The highest BCUT2D eigenvalue weighted by atomic mass is 16.3. The summed E-state index contributed by atoms with van der Waals surface area (Å²) in [7, 11) is 0. The van der Waals surface area contributed by atoms with Crippen molar-refractivity contribution in [2.45, 2.75) is 49.9 Å². The van der Waals surface area contributed by atoms with E-state index in [-0.39, 0.29) is 63.5 Å². The van der Waals surface area contributed by atoms with Crippen LogP contribution < -0.4 is 33.6 Å². The van der Waals surface area contributed by atoms with E-state index in [1.165, 1.54) is 17.0 Å². The smallest absolute Gasteiger partial charge is 0.245 e. The number of fused-ring (bicyclic) bond motifs is 5. The van der Waals surface area contributed by atoms with Crippen LogP contribution in [0.25, 0.3) is 11.1 Å². The number of nitrogens with two attached hydrogens (primary N) is 4. The van der Waals surface area contributed by atoms with Crippen LogP contribution in [0, 0.1) is 0 Å². The van der Waals surface area contributed by atoms with Crippen molar-refractivity contribution in [3.05, 3.63) is 47.5 Å². The van der Waals surface area contributed by atoms with E-state index in [9.17, 15) is 29.7 Å². The van der Waals surface area contributed by atoms with Crippen LogP contribution in [-0.2, 0) is 27.2 Å². The third-order valence-corrected chi connectivity index (χ3v) is 7.05. The molecule has 1 aliphatic heterocycles. The number of benzene rings is 2. The van der Waals surface area contributed by atoms with E-state index in [4.69, 9.17) is 22.9 Å². The Kier molecular flexibility index (Phi) is 11.4. The highest BCUT2D eigenvalue weighted by Crippen LogP contribution is 2.31. The van der Waals surface area contributed by atoms with Gasteiger partial charge in [0.25, 0.3) is 0 Å². The number of hydrogen-bond acceptors (Lipinski definition) is 10. The summed E-state index contributed by atoms with van der Waals surface area (Å²) in [5, 5.41) is 36.7. The molecular weight excluding hydrogens is 530 g/mol. The minimum atomic E-state index is -1.19. The van der Waals surface area contributed by atoms with Crippen molar-refractivity contribution in [1.82, 2.24) is 15.5 Å². The summed E-state index contributed by atoms with van der Waals surface area (Å²) in [6, 6.07) is 6.40. The molecule has 4 atom stereocenters. The molecule has 1 aliphatic rings. The molecule has 3 rings (SSSR count). The summed E-state index contributed by atoms with van der Waals surface area (Å²) in [6.07, 6.45) is -0.532. The number of aromatic hydroxyl groups is 2. The number of phenolic OH excluding ortho intramolecular Hbond substituents is 2. The first-order valence-electron chi connectivity index (χ1n) is 13.6. The van der Waals surface area contributed by atoms with E-state index in [1.807, 2.05) is 0 Å². The molecule has 0 saturated carbocycles. The second kappa shape index (κ2) is 14.8. The van der Waals surface area contributed by atoms with Crippen molar-refractivity contribution in [3.8, 4) is 22.6 Å². The molecule has 0 aliphatic carbocycles. The SMILES string of the molecule is NCCC[C@@H]1NC(=O)[C@@H](N)Cc2cc(ccc2O)-c2ccc(O)c(c2)C[C@H](C(=O)N(CCN)CC(O)CN)NC1=O. The molecule has 0 spiro atoms. The van der Waals surface area contributed by atoms with Crippen LogP contribution in [-0.4, -0.2) is 94.9 Å². The van der Waals surface area contributed by atoms with Crippen LogP contribution in [0.4, 0.5) is 0 Å². The molecule has 13 N–H and O–H groups in total. The molecule has 1 heterocycles. The van der Waals surface area contributed by atoms with Crippen LogP contribution >= 0.6 is 0 Å². The monoisotopic (exact) mass is 571 g/mol. The number of rotatable bonds is 9. The molecule has 0 aromatic heterocycles. The van der Waals surface area contributed by atoms with Gasteiger partial charge in [0.1, 0.15) is 23.6 Å². The van der Waals surface area contributed by atoms with Crippen molar-refractivity contribution >= 4 is 17.7 Å². The molecule has 0 saturated heterocycles. The van der Waals surface area contributed by atoms with E-state index < -0.39 is 42.0 Å². The first-order chi connectivity index (χ1) is 19.6. The number of aliphatic hydroxyl groups is 1. The summed E-state index contributed by atoms with van der Waals surface area (Å²) >= 11 is 0. The van der Waals surface area contributed by atoms with Gasteiger partial charge < -0.3 is 53.8 Å². The van der Waals surface area contributed by atoms with Crippen molar-refractivity contribution < 1.29 is 29.7 Å². The van der Waals surface area contributed by atoms with Gasteiger partial charge in [-0.25, -0.2) is 0 Å². The Hall–Kier alpha value is -3.75. The summed E-state index contributed by atoms with van der Waals surface area (Å²) < 4.78 is 0. The Labute approximate surface area is 238 Å². The highest BCUT2D eigenvalue weighted by molar-refractivity contribution is 5.93. The second-order valence-corrected chi connectivity index (χ2v) is 10.2. The minimum Gasteiger partial charge on any atom is -0.508 e. The van der Waals surface area contributed by atoms with E-state index in [1.54, 1.807) is 24.3 Å². The van der Waals surface area contributed by atoms with Crippen molar-refractivity contribution in [3.63, 3.8) is 0 Å². The fourth-order valence-corrected chi connectivity index (χ4v) is 4.75. The average Bonchev–Trinajstić information content (AvgIpc) is 2.95. The highest BCUT2D eigenvalue weighted by Gasteiger charge is 2.32. The zero-order valence-corrected chi connectivity index (χ0v) is 23.0. The van der Waals surface area contributed by atoms with Gasteiger partial charge >= 0.3 is 0 Å². The molecule has 4 bridgehead atoms. The summed E-state index contributed by atoms with van der Waals surface area (Å²) in [5.41, 5.74) is 25.3. The lowest BCUT2D eigenvalue weighted by molar-refractivity contribution is -0.138. The van der Waals surface area contributed by atoms with Gasteiger partial charge in [-0.1, -0.05) is 12.1 Å². The first-order valence-corrected chi connectivity index (χ1v) is 13.6. The molecule has 0 radical (unpaired) electrons. The second-order valence-electron chi connectivity index (χ2n) is 10.2. The van der Waals surface area contributed by atoms with Crippen LogP contribution in [0.1, 0.15) is 24.0 Å². The fourth-order valence-electron chi connectivity index (χ4n) is 4.75. The lowest BCUT2D eigenvalue weighted by atomic mass is 9.95. The molecule has 41 heavy (non-hydrogen) atoms. The number of carbonyl (C=O) groups excluding carboxylic acids is 3. The average molecular weight is 572 g/mol. The van der Waals surface area contributed by atoms with Gasteiger partial charge in [-0.15, -0.1) is 0 Å². The molecule has 2 aromatic rings. The van der Waals surface area contributed by atoms with Gasteiger partial charge in [0.2, 0.25) is 17.7 Å². The third-order valence-electron chi connectivity index (χ3n) is 7.05. The lowest BCUT2D eigenvalue weighted by Crippen LogP contribution is -2.58. The number of phenols is 2. The Morgan fingerprint density at radius 3 is 2.10 bits per heavy atom. The van der Waals surface area contributed by atoms with E-state index in [2.05, 4.69) is 10.6 Å². The number of aliphatic hydroxyl groups excluding tert-OH is 1. The third kappa shape index (κ3) is 8.38. The number of amides is 3. The van der Waals surface area contributed by atoms with Crippen molar-refractivity contribution in [1.29, 1.82) is 0 Å². The molecule has 1 unspecified atom stereocenters. The topological polar surface area (TPSA) is 243 Å². The zero-order chi connectivity index (χ0) is 30.1. The van der Waals surface area contributed by atoms with Gasteiger partial charge in [-0.3, -0.25) is 14.4 Å². The minimum absolute atomic E-state index is 0.000302. The molecule has 224 valence electrons. The maximum Gasteiger partial charge on any atom is 0.245 e. The summed E-state index contributed by atoms with van der Waals surface area (Å²) in [6.45, 7) is 0.254. The van der Waals surface area contributed by atoms with Crippen LogP contribution in [0.2, 0.25) is 0 Å². The molecule has 13 nitrogen and oxygen atoms in total. The first kappa shape index (κ1) is 31.8. The molecule has 3 amide bonds. The van der Waals surface area contributed by atoms with Gasteiger partial charge in [0, 0.05) is 39.0 Å². The van der Waals surface area contributed by atoms with Gasteiger partial charge in [-0.05, 0) is 65.9 Å². The number of nitrogens with zero attached hydrogens (tertiary/aromatic N) is 1. The van der Waals surface area contributed by atoms with Gasteiger partial charge in [-0.2, -0.15) is 0 Å². The maximum absolute atomic E-state index is 13.8. The Balaban J connectivity index is 2.12. The molecular formula is C28H41N7O6. The molecule has 2 aromatic carbocycles. The summed E-state index contributed by atoms with van der Waals surface area (Å²) in [5.74, 6) is -1.93. The van der Waals surface area contributed by atoms with Crippen LogP contribution in [0.3, 0.4) is 0 Å². The normalized spacial score (nSPS) is 20.3.